The number of ether oxygens (including phenoxy) is 2. The average molecular weight is 484 g/mol. The van der Waals surface area contributed by atoms with Crippen molar-refractivity contribution in [1.29, 1.82) is 0 Å². The predicted molar refractivity (Wildman–Crippen MR) is 130 cm³/mol. The third-order valence-electron chi connectivity index (χ3n) is 5.19. The minimum absolute atomic E-state index is 0.0195. The van der Waals surface area contributed by atoms with Crippen molar-refractivity contribution in [2.24, 2.45) is 0 Å². The number of amides is 1. The molecule has 0 bridgehead atoms. The van der Waals surface area contributed by atoms with E-state index in [1.165, 1.54) is 6.92 Å². The van der Waals surface area contributed by atoms with Crippen LogP contribution in [0, 0.1) is 0 Å². The molecule has 2 heterocycles. The molecule has 0 aliphatic carbocycles. The van der Waals surface area contributed by atoms with Crippen molar-refractivity contribution >= 4 is 23.3 Å². The van der Waals surface area contributed by atoms with Crippen LogP contribution in [0.2, 0.25) is 0 Å². The molecule has 0 fully saturated rings. The fourth-order valence-corrected chi connectivity index (χ4v) is 3.03. The Morgan fingerprint density at radius 1 is 0.829 bits per heavy atom. The van der Waals surface area contributed by atoms with Gasteiger partial charge < -0.3 is 14.8 Å². The van der Waals surface area contributed by atoms with Gasteiger partial charge in [0.25, 0.3) is 5.91 Å². The first-order chi connectivity index (χ1) is 16.8. The number of carbonyl (C=O) groups is 4. The van der Waals surface area contributed by atoms with E-state index in [0.29, 0.717) is 25.0 Å². The van der Waals surface area contributed by atoms with E-state index in [4.69, 9.17) is 9.47 Å². The topological polar surface area (TPSA) is 125 Å². The summed E-state index contributed by atoms with van der Waals surface area (Å²) >= 11 is 0. The number of ketones is 3. The Morgan fingerprint density at radius 3 is 1.89 bits per heavy atom. The van der Waals surface area contributed by atoms with E-state index in [1.54, 1.807) is 50.5 Å². The van der Waals surface area contributed by atoms with Gasteiger partial charge in [-0.2, -0.15) is 0 Å². The van der Waals surface area contributed by atoms with Gasteiger partial charge in [0.1, 0.15) is 23.0 Å². The number of nitrogens with one attached hydrogen (secondary N) is 1. The van der Waals surface area contributed by atoms with Gasteiger partial charge in [0, 0.05) is 49.2 Å². The molecule has 0 aliphatic heterocycles. The highest BCUT2D eigenvalue weighted by Crippen LogP contribution is 2.18. The van der Waals surface area contributed by atoms with Gasteiger partial charge in [-0.3, -0.25) is 29.1 Å². The minimum Gasteiger partial charge on any atom is -0.379 e. The molecule has 0 aliphatic rings. The number of rotatable bonds is 16. The number of aromatic nitrogens is 2. The number of hydrogen-bond acceptors (Lipinski definition) is 8. The summed E-state index contributed by atoms with van der Waals surface area (Å²) in [7, 11) is 0. The highest BCUT2D eigenvalue weighted by molar-refractivity contribution is 5.94. The molecule has 188 valence electrons. The van der Waals surface area contributed by atoms with Crippen LogP contribution in [0.1, 0.15) is 67.4 Å². The van der Waals surface area contributed by atoms with Crippen LogP contribution in [-0.4, -0.2) is 65.7 Å². The van der Waals surface area contributed by atoms with Crippen molar-refractivity contribution < 1.29 is 28.7 Å². The zero-order valence-electron chi connectivity index (χ0n) is 20.5. The zero-order chi connectivity index (χ0) is 25.6. The Labute approximate surface area is 205 Å². The Morgan fingerprint density at radius 2 is 1.40 bits per heavy atom. The van der Waals surface area contributed by atoms with Crippen LogP contribution in [0.25, 0.3) is 11.1 Å². The lowest BCUT2D eigenvalue weighted by Crippen LogP contribution is -2.42. The van der Waals surface area contributed by atoms with Crippen molar-refractivity contribution in [2.75, 3.05) is 26.4 Å². The summed E-state index contributed by atoms with van der Waals surface area (Å²) in [6.45, 7) is 5.90. The molecule has 1 amide bonds. The smallest absolute Gasteiger partial charge is 0.270 e. The number of nitrogens with zero attached hydrogens (tertiary/aromatic N) is 2. The average Bonchev–Trinajstić information content (AvgIpc) is 2.88. The second-order valence-electron chi connectivity index (χ2n) is 8.06. The molecule has 0 saturated heterocycles. The standard InChI is InChI=1S/C26H33N3O6/c1-4-22(31)11-13-35-17-21(16-34-12-10-18(3)30)29-26(33)24-9-7-20(15-28-24)19-6-8-23(27-14-19)25(32)5-2/h6-9,14-15,21H,4-5,10-13,16-17H2,1-3H3,(H,29,33). The molecule has 0 aromatic carbocycles. The summed E-state index contributed by atoms with van der Waals surface area (Å²) < 4.78 is 11.1. The quantitative estimate of drug-likeness (QED) is 0.285. The third-order valence-corrected chi connectivity index (χ3v) is 5.19. The predicted octanol–water partition coefficient (Wildman–Crippen LogP) is 3.22. The van der Waals surface area contributed by atoms with E-state index in [9.17, 15) is 19.2 Å². The number of pyridine rings is 2. The molecule has 35 heavy (non-hydrogen) atoms. The summed E-state index contributed by atoms with van der Waals surface area (Å²) in [6, 6.07) is 6.35. The Kier molecular flexibility index (Phi) is 11.9. The van der Waals surface area contributed by atoms with Gasteiger partial charge >= 0.3 is 0 Å². The molecule has 9 heteroatoms. The largest absolute Gasteiger partial charge is 0.379 e. The van der Waals surface area contributed by atoms with Gasteiger partial charge in [-0.1, -0.05) is 26.0 Å². The van der Waals surface area contributed by atoms with Crippen LogP contribution < -0.4 is 5.32 Å². The Hall–Kier alpha value is -3.30. The highest BCUT2D eigenvalue weighted by atomic mass is 16.5. The van der Waals surface area contributed by atoms with Crippen LogP contribution >= 0.6 is 0 Å². The maximum atomic E-state index is 12.7. The first kappa shape index (κ1) is 27.9. The van der Waals surface area contributed by atoms with E-state index in [-0.39, 0.29) is 55.9 Å². The van der Waals surface area contributed by atoms with Crippen molar-refractivity contribution in [3.63, 3.8) is 0 Å². The SMILES string of the molecule is CCC(=O)CCOCC(COCCC(C)=O)NC(=O)c1ccc(-c2ccc(C(=O)CC)nc2)cn1. The summed E-state index contributed by atoms with van der Waals surface area (Å²) in [4.78, 5) is 55.5. The molecule has 1 N–H and O–H groups in total. The van der Waals surface area contributed by atoms with E-state index in [0.717, 1.165) is 11.1 Å². The Bertz CT molecular complexity index is 989. The van der Waals surface area contributed by atoms with Crippen LogP contribution in [0.15, 0.2) is 36.7 Å². The van der Waals surface area contributed by atoms with Crippen LogP contribution in [0.4, 0.5) is 0 Å². The van der Waals surface area contributed by atoms with Gasteiger partial charge in [0.05, 0.1) is 32.5 Å². The normalized spacial score (nSPS) is 11.6. The molecule has 0 radical (unpaired) electrons. The van der Waals surface area contributed by atoms with Gasteiger partial charge in [0.2, 0.25) is 0 Å². The lowest BCUT2D eigenvalue weighted by Gasteiger charge is -2.19. The third kappa shape index (κ3) is 9.84. The maximum Gasteiger partial charge on any atom is 0.270 e. The van der Waals surface area contributed by atoms with E-state index in [1.807, 2.05) is 0 Å². The van der Waals surface area contributed by atoms with Gasteiger partial charge in [-0.25, -0.2) is 0 Å². The van der Waals surface area contributed by atoms with Crippen molar-refractivity contribution in [3.05, 3.63) is 48.0 Å². The number of carbonyl (C=O) groups excluding carboxylic acids is 4. The molecule has 1 atom stereocenters. The van der Waals surface area contributed by atoms with E-state index < -0.39 is 11.9 Å². The molecular formula is C26H33N3O6. The number of Topliss-reactive ketones (excluding diaryl/α,β-unsaturated/α-hetero) is 3. The summed E-state index contributed by atoms with van der Waals surface area (Å²) in [5, 5.41) is 2.84. The minimum atomic E-state index is -0.472. The first-order valence-corrected chi connectivity index (χ1v) is 11.8. The Balaban J connectivity index is 1.97. The summed E-state index contributed by atoms with van der Waals surface area (Å²) in [5.74, 6) is -0.296. The maximum absolute atomic E-state index is 12.7. The highest BCUT2D eigenvalue weighted by Gasteiger charge is 2.16. The molecule has 2 rings (SSSR count). The van der Waals surface area contributed by atoms with Crippen molar-refractivity contribution in [3.8, 4) is 11.1 Å². The molecule has 9 nitrogen and oxygen atoms in total. The fourth-order valence-electron chi connectivity index (χ4n) is 3.03. The molecule has 1 unspecified atom stereocenters. The fraction of sp³-hybridized carbons (Fsp3) is 0.462. The van der Waals surface area contributed by atoms with Crippen LogP contribution in [-0.2, 0) is 19.1 Å². The number of hydrogen-bond donors (Lipinski definition) is 1. The summed E-state index contributed by atoms with van der Waals surface area (Å²) in [5.41, 5.74) is 2.17. The molecule has 2 aromatic heterocycles. The van der Waals surface area contributed by atoms with E-state index >= 15 is 0 Å². The van der Waals surface area contributed by atoms with Gasteiger partial charge in [-0.15, -0.1) is 0 Å². The molecular weight excluding hydrogens is 450 g/mol. The summed E-state index contributed by atoms with van der Waals surface area (Å²) in [6.07, 6.45) is 4.62. The van der Waals surface area contributed by atoms with Crippen molar-refractivity contribution in [1.82, 2.24) is 15.3 Å². The molecule has 0 saturated carbocycles. The van der Waals surface area contributed by atoms with Crippen molar-refractivity contribution in [2.45, 2.75) is 52.5 Å². The van der Waals surface area contributed by atoms with Crippen LogP contribution in [0.5, 0.6) is 0 Å². The van der Waals surface area contributed by atoms with Crippen LogP contribution in [0.3, 0.4) is 0 Å². The van der Waals surface area contributed by atoms with Gasteiger partial charge in [-0.05, 0) is 19.1 Å². The van der Waals surface area contributed by atoms with Gasteiger partial charge in [0.15, 0.2) is 5.78 Å². The molecule has 2 aromatic rings. The lowest BCUT2D eigenvalue weighted by atomic mass is 10.1. The first-order valence-electron chi connectivity index (χ1n) is 11.8. The second kappa shape index (κ2) is 14.9. The second-order valence-corrected chi connectivity index (χ2v) is 8.06. The monoisotopic (exact) mass is 483 g/mol. The lowest BCUT2D eigenvalue weighted by molar-refractivity contribution is -0.120. The zero-order valence-corrected chi connectivity index (χ0v) is 20.5. The molecule has 0 spiro atoms. The van der Waals surface area contributed by atoms with E-state index in [2.05, 4.69) is 15.3 Å².